The number of thiazole rings is 1. The number of methoxy groups -OCH3 is 1. The summed E-state index contributed by atoms with van der Waals surface area (Å²) >= 11 is 0.882. The molecule has 0 bridgehead atoms. The van der Waals surface area contributed by atoms with E-state index in [1.54, 1.807) is 12.1 Å². The highest BCUT2D eigenvalue weighted by atomic mass is 32.1. The molecule has 9 heteroatoms. The average molecular weight is 451 g/mol. The lowest BCUT2D eigenvalue weighted by Crippen LogP contribution is -2.41. The minimum atomic E-state index is -1.20. The van der Waals surface area contributed by atoms with Gasteiger partial charge in [0.05, 0.1) is 29.0 Å². The van der Waals surface area contributed by atoms with Crippen LogP contribution in [0.1, 0.15) is 17.2 Å². The molecular weight excluding hydrogens is 436 g/mol. The second-order valence-corrected chi connectivity index (χ2v) is 7.87. The summed E-state index contributed by atoms with van der Waals surface area (Å²) < 4.78 is 35.0. The number of halogens is 2. The number of nitrogens with zero attached hydrogens (tertiary/aromatic N) is 2. The zero-order valence-corrected chi connectivity index (χ0v) is 17.5. The highest BCUT2D eigenvalue weighted by Crippen LogP contribution is 2.32. The van der Waals surface area contributed by atoms with Crippen molar-refractivity contribution in [2.24, 2.45) is 5.73 Å². The van der Waals surface area contributed by atoms with E-state index in [-0.39, 0.29) is 37.2 Å². The van der Waals surface area contributed by atoms with Crippen LogP contribution in [0.3, 0.4) is 0 Å². The first-order valence-corrected chi connectivity index (χ1v) is 10.2. The molecule has 2 N–H and O–H groups in total. The molecule has 1 atom stereocenters. The number of allylic oxidation sites excluding steroid dienone is 1. The van der Waals surface area contributed by atoms with Crippen molar-refractivity contribution in [1.29, 1.82) is 5.26 Å². The molecule has 0 spiro atoms. The Morgan fingerprint density at radius 3 is 2.47 bits per heavy atom. The van der Waals surface area contributed by atoms with Crippen molar-refractivity contribution in [2.75, 3.05) is 7.11 Å². The predicted molar refractivity (Wildman–Crippen MR) is 115 cm³/mol. The molecule has 4 rings (SSSR count). The van der Waals surface area contributed by atoms with Gasteiger partial charge in [-0.05, 0) is 18.2 Å². The van der Waals surface area contributed by atoms with Gasteiger partial charge in [-0.15, -0.1) is 11.3 Å². The molecule has 160 valence electrons. The molecular formula is C23H15F2N3O3S. The number of hydrogen-bond acceptors (Lipinski definition) is 6. The van der Waals surface area contributed by atoms with E-state index in [4.69, 9.17) is 10.5 Å². The van der Waals surface area contributed by atoms with Crippen LogP contribution in [0.25, 0.3) is 11.6 Å². The Kier molecular flexibility index (Phi) is 5.47. The van der Waals surface area contributed by atoms with Gasteiger partial charge in [-0.2, -0.15) is 5.26 Å². The molecule has 6 nitrogen and oxygen atoms in total. The predicted octanol–water partition coefficient (Wildman–Crippen LogP) is 1.68. The van der Waals surface area contributed by atoms with Crippen LogP contribution in [0.5, 0.6) is 0 Å². The minimum Gasteiger partial charge on any atom is -0.465 e. The fourth-order valence-electron chi connectivity index (χ4n) is 3.58. The highest BCUT2D eigenvalue weighted by Gasteiger charge is 2.35. The van der Waals surface area contributed by atoms with Gasteiger partial charge in [-0.3, -0.25) is 9.36 Å². The number of carbonyl (C=O) groups is 1. The summed E-state index contributed by atoms with van der Waals surface area (Å²) in [5.41, 5.74) is 5.19. The number of fused-ring (bicyclic) bond motifs is 1. The summed E-state index contributed by atoms with van der Waals surface area (Å²) in [6, 6.07) is 12.2. The second kappa shape index (κ2) is 8.24. The van der Waals surface area contributed by atoms with Gasteiger partial charge in [0.25, 0.3) is 5.56 Å². The summed E-state index contributed by atoms with van der Waals surface area (Å²) in [7, 11) is 1.14. The van der Waals surface area contributed by atoms with Crippen molar-refractivity contribution in [3.63, 3.8) is 0 Å². The first kappa shape index (κ1) is 21.2. The van der Waals surface area contributed by atoms with Gasteiger partial charge in [-0.25, -0.2) is 13.6 Å². The number of rotatable bonds is 3. The number of ether oxygens (including phenoxy) is 1. The third kappa shape index (κ3) is 3.31. The Morgan fingerprint density at radius 2 is 1.84 bits per heavy atom. The van der Waals surface area contributed by atoms with E-state index in [1.165, 1.54) is 42.5 Å². The molecule has 0 fully saturated rings. The van der Waals surface area contributed by atoms with Crippen LogP contribution in [0.2, 0.25) is 0 Å². The average Bonchev–Trinajstić information content (AvgIpc) is 3.10. The van der Waals surface area contributed by atoms with E-state index in [0.29, 0.717) is 0 Å². The first-order chi connectivity index (χ1) is 15.4. The van der Waals surface area contributed by atoms with Crippen molar-refractivity contribution in [3.05, 3.63) is 102 Å². The largest absolute Gasteiger partial charge is 0.465 e. The second-order valence-electron chi connectivity index (χ2n) is 6.84. The Morgan fingerprint density at radius 1 is 1.19 bits per heavy atom. The first-order valence-electron chi connectivity index (χ1n) is 9.33. The molecule has 0 aliphatic carbocycles. The summed E-state index contributed by atoms with van der Waals surface area (Å²) in [5.74, 6) is -2.04. The smallest absolute Gasteiger partial charge is 0.343 e. The van der Waals surface area contributed by atoms with E-state index in [0.717, 1.165) is 23.0 Å². The van der Waals surface area contributed by atoms with E-state index < -0.39 is 29.2 Å². The van der Waals surface area contributed by atoms with Crippen LogP contribution in [0.15, 0.2) is 64.6 Å². The molecule has 0 saturated heterocycles. The van der Waals surface area contributed by atoms with Crippen LogP contribution in [0, 0.1) is 23.0 Å². The third-order valence-corrected chi connectivity index (χ3v) is 6.17. The maximum absolute atomic E-state index is 14.7. The van der Waals surface area contributed by atoms with Crippen LogP contribution in [-0.4, -0.2) is 17.6 Å². The van der Waals surface area contributed by atoms with Gasteiger partial charge in [0, 0.05) is 11.1 Å². The molecule has 0 unspecified atom stereocenters. The lowest BCUT2D eigenvalue weighted by Gasteiger charge is -2.25. The highest BCUT2D eigenvalue weighted by molar-refractivity contribution is 7.07. The molecule has 1 aliphatic heterocycles. The van der Waals surface area contributed by atoms with Crippen molar-refractivity contribution in [1.82, 2.24) is 4.57 Å². The van der Waals surface area contributed by atoms with E-state index in [2.05, 4.69) is 0 Å². The van der Waals surface area contributed by atoms with E-state index in [9.17, 15) is 23.6 Å². The molecule has 2 heterocycles. The van der Waals surface area contributed by atoms with Gasteiger partial charge in [0.2, 0.25) is 0 Å². The number of nitrogens with two attached hydrogens (primary N) is 1. The van der Waals surface area contributed by atoms with Crippen LogP contribution in [0.4, 0.5) is 8.78 Å². The summed E-state index contributed by atoms with van der Waals surface area (Å²) in [4.78, 5) is 25.9. The lowest BCUT2D eigenvalue weighted by atomic mass is 9.92. The normalized spacial score (nSPS) is 16.0. The Labute approximate surface area is 184 Å². The summed E-state index contributed by atoms with van der Waals surface area (Å²) in [6.07, 6.45) is 1.34. The number of hydrogen-bond donors (Lipinski definition) is 1. The lowest BCUT2D eigenvalue weighted by molar-refractivity contribution is -0.133. The number of esters is 1. The van der Waals surface area contributed by atoms with Crippen LogP contribution in [-0.2, 0) is 9.53 Å². The quantitative estimate of drug-likeness (QED) is 0.611. The number of carbonyl (C=O) groups excluding carboxylic acids is 1. The monoisotopic (exact) mass is 451 g/mol. The summed E-state index contributed by atoms with van der Waals surface area (Å²) in [6.45, 7) is 0. The molecule has 1 aromatic heterocycles. The maximum atomic E-state index is 14.7. The van der Waals surface area contributed by atoms with Crippen molar-refractivity contribution in [3.8, 4) is 6.07 Å². The molecule has 0 amide bonds. The molecule has 0 radical (unpaired) electrons. The molecule has 3 aromatic rings. The van der Waals surface area contributed by atoms with Crippen molar-refractivity contribution >= 4 is 29.0 Å². The van der Waals surface area contributed by atoms with Gasteiger partial charge >= 0.3 is 5.97 Å². The van der Waals surface area contributed by atoms with E-state index in [1.807, 2.05) is 6.07 Å². The molecule has 32 heavy (non-hydrogen) atoms. The number of nitriles is 1. The summed E-state index contributed by atoms with van der Waals surface area (Å²) in [5, 5.41) is 9.81. The number of aromatic nitrogens is 1. The van der Waals surface area contributed by atoms with Crippen molar-refractivity contribution in [2.45, 2.75) is 6.04 Å². The Bertz CT molecular complexity index is 1510. The number of benzene rings is 2. The van der Waals surface area contributed by atoms with Crippen LogP contribution >= 0.6 is 11.3 Å². The minimum absolute atomic E-state index is 0.0366. The standard InChI is InChI=1S/C23H15F2N3O3S/c1-31-23(30)18-19(27)14(11-26)20(13-7-3-5-9-16(13)25)28-21(29)17(32-22(18)28)10-12-6-2-4-8-15(12)24/h2-10,20H,27H2,1H3/b17-10+/t20-/m0/s1. The topological polar surface area (TPSA) is 98.1 Å². The van der Waals surface area contributed by atoms with Crippen molar-refractivity contribution < 1.29 is 18.3 Å². The zero-order chi connectivity index (χ0) is 23.0. The third-order valence-electron chi connectivity index (χ3n) is 5.06. The van der Waals surface area contributed by atoms with Gasteiger partial charge in [-0.1, -0.05) is 36.4 Å². The Hall–Kier alpha value is -4.03. The zero-order valence-electron chi connectivity index (χ0n) is 16.6. The fourth-order valence-corrected chi connectivity index (χ4v) is 4.74. The maximum Gasteiger partial charge on any atom is 0.343 e. The van der Waals surface area contributed by atoms with Crippen LogP contribution < -0.4 is 20.5 Å². The molecule has 1 aliphatic rings. The fraction of sp³-hybridized carbons (Fsp3) is 0.0870. The molecule has 2 aromatic carbocycles. The SMILES string of the molecule is COC(=O)C1=c2s/c(=C/c3ccccc3F)c(=O)n2[C@@H](c2ccccc2F)C(C#N)=C1N. The van der Waals surface area contributed by atoms with Gasteiger partial charge in [0.15, 0.2) is 0 Å². The van der Waals surface area contributed by atoms with E-state index >= 15 is 0 Å². The Balaban J connectivity index is 2.15. The van der Waals surface area contributed by atoms with Gasteiger partial charge < -0.3 is 10.5 Å². The van der Waals surface area contributed by atoms with Gasteiger partial charge in [0.1, 0.15) is 27.9 Å². The molecule has 0 saturated carbocycles.